The standard InChI is InChI=1S/C22H34N6O2/c1-3-26(4-2)15-12-23-21(29)20-17-28(25-24-20)18-22(30)10-13-27(14-11-22)16-19-8-6-5-7-9-19/h5-9,17,30H,3-4,10-16,18H2,1-2H3,(H,23,29). The maximum absolute atomic E-state index is 12.3. The molecule has 2 N–H and O–H groups in total. The minimum absolute atomic E-state index is 0.224. The Bertz CT molecular complexity index is 782. The van der Waals surface area contributed by atoms with E-state index in [0.717, 1.165) is 39.3 Å². The number of nitrogens with one attached hydrogen (secondary N) is 1. The average Bonchev–Trinajstić information content (AvgIpc) is 3.22. The molecule has 0 radical (unpaired) electrons. The molecule has 1 aliphatic heterocycles. The smallest absolute Gasteiger partial charge is 0.273 e. The Labute approximate surface area is 178 Å². The second-order valence-corrected chi connectivity index (χ2v) is 8.07. The molecule has 1 aromatic heterocycles. The lowest BCUT2D eigenvalue weighted by molar-refractivity contribution is -0.0383. The molecule has 0 unspecified atom stereocenters. The molecule has 0 saturated carbocycles. The number of benzene rings is 1. The molecule has 8 heteroatoms. The van der Waals surface area contributed by atoms with Gasteiger partial charge in [-0.25, -0.2) is 4.68 Å². The van der Waals surface area contributed by atoms with Crippen LogP contribution in [0.2, 0.25) is 0 Å². The number of nitrogens with zero attached hydrogens (tertiary/aromatic N) is 5. The van der Waals surface area contributed by atoms with Crippen LogP contribution < -0.4 is 5.32 Å². The Kier molecular flexibility index (Phi) is 7.95. The predicted octanol–water partition coefficient (Wildman–Crippen LogP) is 1.38. The summed E-state index contributed by atoms with van der Waals surface area (Å²) in [6.07, 6.45) is 2.97. The Morgan fingerprint density at radius 1 is 1.20 bits per heavy atom. The van der Waals surface area contributed by atoms with E-state index < -0.39 is 5.60 Å². The van der Waals surface area contributed by atoms with Crippen LogP contribution in [0.1, 0.15) is 42.7 Å². The fraction of sp³-hybridized carbons (Fsp3) is 0.591. The maximum atomic E-state index is 12.3. The number of carbonyl (C=O) groups is 1. The summed E-state index contributed by atoms with van der Waals surface area (Å²) in [6.45, 7) is 10.4. The molecule has 1 aromatic carbocycles. The van der Waals surface area contributed by atoms with Crippen LogP contribution in [0, 0.1) is 0 Å². The number of carbonyl (C=O) groups excluding carboxylic acids is 1. The van der Waals surface area contributed by atoms with Gasteiger partial charge in [-0.2, -0.15) is 0 Å². The summed E-state index contributed by atoms with van der Waals surface area (Å²) in [5.41, 5.74) is 0.757. The van der Waals surface area contributed by atoms with Gasteiger partial charge < -0.3 is 15.3 Å². The van der Waals surface area contributed by atoms with Gasteiger partial charge in [0.05, 0.1) is 18.3 Å². The van der Waals surface area contributed by atoms with Crippen LogP contribution in [0.4, 0.5) is 0 Å². The first kappa shape index (κ1) is 22.4. The highest BCUT2D eigenvalue weighted by atomic mass is 16.3. The van der Waals surface area contributed by atoms with Gasteiger partial charge in [0.15, 0.2) is 5.69 Å². The summed E-state index contributed by atoms with van der Waals surface area (Å²) < 4.78 is 1.59. The van der Waals surface area contributed by atoms with Crippen LogP contribution in [0.5, 0.6) is 0 Å². The van der Waals surface area contributed by atoms with Gasteiger partial charge in [-0.3, -0.25) is 9.69 Å². The molecule has 0 aliphatic carbocycles. The second-order valence-electron chi connectivity index (χ2n) is 8.07. The van der Waals surface area contributed by atoms with E-state index in [1.807, 2.05) is 6.07 Å². The van der Waals surface area contributed by atoms with Crippen LogP contribution in [-0.2, 0) is 13.1 Å². The van der Waals surface area contributed by atoms with E-state index in [0.29, 0.717) is 31.6 Å². The SMILES string of the molecule is CCN(CC)CCNC(=O)c1cn(CC2(O)CCN(Cc3ccccc3)CC2)nn1. The molecule has 1 amide bonds. The lowest BCUT2D eigenvalue weighted by Crippen LogP contribution is -2.46. The monoisotopic (exact) mass is 414 g/mol. The molecule has 164 valence electrons. The van der Waals surface area contributed by atoms with Gasteiger partial charge in [-0.15, -0.1) is 5.10 Å². The molecule has 1 aliphatic rings. The lowest BCUT2D eigenvalue weighted by atomic mass is 9.91. The lowest BCUT2D eigenvalue weighted by Gasteiger charge is -2.38. The van der Waals surface area contributed by atoms with Crippen LogP contribution in [-0.4, -0.2) is 80.7 Å². The van der Waals surface area contributed by atoms with E-state index in [9.17, 15) is 9.90 Å². The van der Waals surface area contributed by atoms with Gasteiger partial charge in [0.25, 0.3) is 5.91 Å². The highest BCUT2D eigenvalue weighted by molar-refractivity contribution is 5.91. The second kappa shape index (κ2) is 10.7. The van der Waals surface area contributed by atoms with Crippen molar-refractivity contribution in [1.82, 2.24) is 30.1 Å². The number of aromatic nitrogens is 3. The third-order valence-electron chi connectivity index (χ3n) is 5.87. The van der Waals surface area contributed by atoms with Gasteiger partial charge in [0.1, 0.15) is 0 Å². The van der Waals surface area contributed by atoms with Crippen LogP contribution in [0.3, 0.4) is 0 Å². The molecule has 30 heavy (non-hydrogen) atoms. The topological polar surface area (TPSA) is 86.5 Å². The van der Waals surface area contributed by atoms with E-state index in [1.165, 1.54) is 5.56 Å². The van der Waals surface area contributed by atoms with E-state index >= 15 is 0 Å². The normalized spacial score (nSPS) is 16.7. The first-order valence-electron chi connectivity index (χ1n) is 10.9. The van der Waals surface area contributed by atoms with E-state index in [4.69, 9.17) is 0 Å². The summed E-state index contributed by atoms with van der Waals surface area (Å²) in [5.74, 6) is -0.224. The fourth-order valence-electron chi connectivity index (χ4n) is 3.87. The first-order valence-corrected chi connectivity index (χ1v) is 10.9. The molecule has 2 heterocycles. The van der Waals surface area contributed by atoms with Gasteiger partial charge in [0.2, 0.25) is 0 Å². The molecule has 0 atom stereocenters. The van der Waals surface area contributed by atoms with Crippen molar-refractivity contribution in [3.8, 4) is 0 Å². The Morgan fingerprint density at radius 2 is 1.90 bits per heavy atom. The number of amides is 1. The maximum Gasteiger partial charge on any atom is 0.273 e. The van der Waals surface area contributed by atoms with E-state index in [1.54, 1.807) is 10.9 Å². The molecule has 2 aromatic rings. The van der Waals surface area contributed by atoms with Gasteiger partial charge in [0, 0.05) is 32.7 Å². The van der Waals surface area contributed by atoms with Crippen LogP contribution in [0.25, 0.3) is 0 Å². The fourth-order valence-corrected chi connectivity index (χ4v) is 3.87. The van der Waals surface area contributed by atoms with Crippen LogP contribution in [0.15, 0.2) is 36.5 Å². The number of hydrogen-bond acceptors (Lipinski definition) is 6. The highest BCUT2D eigenvalue weighted by Gasteiger charge is 2.33. The number of piperidine rings is 1. The van der Waals surface area contributed by atoms with Crippen molar-refractivity contribution in [2.45, 2.75) is 45.4 Å². The predicted molar refractivity (Wildman–Crippen MR) is 116 cm³/mol. The molecular formula is C22H34N6O2. The third-order valence-corrected chi connectivity index (χ3v) is 5.87. The Balaban J connectivity index is 1.45. The molecule has 8 nitrogen and oxygen atoms in total. The van der Waals surface area contributed by atoms with Crippen molar-refractivity contribution in [1.29, 1.82) is 0 Å². The quantitative estimate of drug-likeness (QED) is 0.611. The van der Waals surface area contributed by atoms with Gasteiger partial charge in [-0.1, -0.05) is 49.4 Å². The summed E-state index contributed by atoms with van der Waals surface area (Å²) in [5, 5.41) is 21.9. The number of rotatable bonds is 10. The molecule has 0 spiro atoms. The highest BCUT2D eigenvalue weighted by Crippen LogP contribution is 2.25. The molecule has 3 rings (SSSR count). The van der Waals surface area contributed by atoms with Crippen molar-refractivity contribution in [2.75, 3.05) is 39.3 Å². The number of likely N-dealkylation sites (tertiary alicyclic amines) is 1. The number of aliphatic hydroxyl groups is 1. The van der Waals surface area contributed by atoms with Crippen LogP contribution >= 0.6 is 0 Å². The summed E-state index contributed by atoms with van der Waals surface area (Å²) in [6, 6.07) is 10.4. The van der Waals surface area contributed by atoms with Crippen molar-refractivity contribution in [3.05, 3.63) is 47.8 Å². The molecule has 0 bridgehead atoms. The Morgan fingerprint density at radius 3 is 2.57 bits per heavy atom. The summed E-state index contributed by atoms with van der Waals surface area (Å²) >= 11 is 0. The summed E-state index contributed by atoms with van der Waals surface area (Å²) in [7, 11) is 0. The zero-order valence-electron chi connectivity index (χ0n) is 18.1. The van der Waals surface area contributed by atoms with Crippen molar-refractivity contribution >= 4 is 5.91 Å². The molecular weight excluding hydrogens is 380 g/mol. The minimum Gasteiger partial charge on any atom is -0.388 e. The van der Waals surface area contributed by atoms with Crippen molar-refractivity contribution < 1.29 is 9.90 Å². The average molecular weight is 415 g/mol. The zero-order valence-corrected chi connectivity index (χ0v) is 18.1. The largest absolute Gasteiger partial charge is 0.388 e. The van der Waals surface area contributed by atoms with Gasteiger partial charge in [-0.05, 0) is 31.5 Å². The van der Waals surface area contributed by atoms with Crippen molar-refractivity contribution in [2.24, 2.45) is 0 Å². The number of hydrogen-bond donors (Lipinski definition) is 2. The number of likely N-dealkylation sites (N-methyl/N-ethyl adjacent to an activating group) is 1. The molecule has 1 saturated heterocycles. The zero-order chi connectivity index (χ0) is 21.4. The van der Waals surface area contributed by atoms with E-state index in [2.05, 4.69) is 63.5 Å². The first-order chi connectivity index (χ1) is 14.5. The Hall–Kier alpha value is -2.29. The van der Waals surface area contributed by atoms with Crippen molar-refractivity contribution in [3.63, 3.8) is 0 Å². The van der Waals surface area contributed by atoms with Gasteiger partial charge >= 0.3 is 0 Å². The summed E-state index contributed by atoms with van der Waals surface area (Å²) in [4.78, 5) is 16.9. The third kappa shape index (κ3) is 6.35. The molecule has 1 fully saturated rings. The van der Waals surface area contributed by atoms with E-state index in [-0.39, 0.29) is 5.91 Å². The minimum atomic E-state index is -0.822.